The first-order chi connectivity index (χ1) is 18.9. The van der Waals surface area contributed by atoms with Crippen LogP contribution >= 0.6 is 0 Å². The van der Waals surface area contributed by atoms with Gasteiger partial charge in [0.15, 0.2) is 0 Å². The van der Waals surface area contributed by atoms with E-state index < -0.39 is 0 Å². The number of carbonyl (C=O) groups excluding carboxylic acids is 1. The van der Waals surface area contributed by atoms with Crippen LogP contribution in [0.25, 0.3) is 0 Å². The predicted molar refractivity (Wildman–Crippen MR) is 158 cm³/mol. The van der Waals surface area contributed by atoms with Crippen LogP contribution in [0.3, 0.4) is 0 Å². The number of urea groups is 1. The molecule has 2 N–H and O–H groups in total. The molecule has 3 aromatic rings. The zero-order valence-electron chi connectivity index (χ0n) is 23.2. The van der Waals surface area contributed by atoms with Crippen molar-refractivity contribution in [2.75, 3.05) is 68.5 Å². The first kappa shape index (κ1) is 28.2. The second-order valence-electron chi connectivity index (χ2n) is 10.1. The number of carbonyl (C=O) groups is 1. The number of hydrogen-bond donors (Lipinski definition) is 2. The zero-order chi connectivity index (χ0) is 27.6. The van der Waals surface area contributed by atoms with Crippen molar-refractivity contribution in [3.63, 3.8) is 0 Å². The lowest BCUT2D eigenvalue weighted by atomic mass is 10.0. The highest BCUT2D eigenvalue weighted by molar-refractivity contribution is 5.89. The maximum Gasteiger partial charge on any atom is 0.319 e. The molecular formula is C31H40FN5O2. The monoisotopic (exact) mass is 533 g/mol. The number of piperazine rings is 1. The van der Waals surface area contributed by atoms with Crippen LogP contribution < -0.4 is 25.2 Å². The van der Waals surface area contributed by atoms with Crippen LogP contribution in [-0.2, 0) is 0 Å². The molecule has 2 amide bonds. The number of halogens is 1. The van der Waals surface area contributed by atoms with Crippen LogP contribution in [0.2, 0.25) is 0 Å². The van der Waals surface area contributed by atoms with Crippen LogP contribution in [-0.4, -0.2) is 64.4 Å². The lowest BCUT2D eigenvalue weighted by molar-refractivity contribution is 0.182. The number of nitrogens with zero attached hydrogens (tertiary/aromatic N) is 3. The van der Waals surface area contributed by atoms with Crippen molar-refractivity contribution in [1.82, 2.24) is 10.2 Å². The highest BCUT2D eigenvalue weighted by atomic mass is 19.1. The molecule has 4 rings (SSSR count). The number of anilines is 3. The Balaban J connectivity index is 1.38. The van der Waals surface area contributed by atoms with Gasteiger partial charge >= 0.3 is 6.03 Å². The summed E-state index contributed by atoms with van der Waals surface area (Å²) >= 11 is 0. The second kappa shape index (κ2) is 13.8. The molecule has 7 nitrogen and oxygen atoms in total. The summed E-state index contributed by atoms with van der Waals surface area (Å²) in [5.41, 5.74) is 4.04. The minimum atomic E-state index is -0.241. The highest BCUT2D eigenvalue weighted by Gasteiger charge is 2.26. The third kappa shape index (κ3) is 8.10. The van der Waals surface area contributed by atoms with E-state index in [-0.39, 0.29) is 17.9 Å². The molecule has 1 atom stereocenters. The van der Waals surface area contributed by atoms with Crippen molar-refractivity contribution in [2.24, 2.45) is 0 Å². The molecule has 0 radical (unpaired) electrons. The van der Waals surface area contributed by atoms with Crippen molar-refractivity contribution in [1.29, 1.82) is 0 Å². The molecule has 8 heteroatoms. The van der Waals surface area contributed by atoms with Crippen LogP contribution in [0.15, 0.2) is 72.8 Å². The molecule has 0 aromatic heterocycles. The zero-order valence-corrected chi connectivity index (χ0v) is 23.2. The van der Waals surface area contributed by atoms with E-state index in [1.807, 2.05) is 50.5 Å². The van der Waals surface area contributed by atoms with E-state index in [1.165, 1.54) is 12.1 Å². The Morgan fingerprint density at radius 2 is 1.62 bits per heavy atom. The van der Waals surface area contributed by atoms with Crippen molar-refractivity contribution in [3.8, 4) is 5.75 Å². The molecule has 0 bridgehead atoms. The minimum Gasteiger partial charge on any atom is -0.494 e. The summed E-state index contributed by atoms with van der Waals surface area (Å²) in [5, 5.41) is 6.02. The Kier molecular flexibility index (Phi) is 10.0. The van der Waals surface area contributed by atoms with Crippen LogP contribution in [0.1, 0.15) is 31.4 Å². The molecule has 1 fully saturated rings. The van der Waals surface area contributed by atoms with Crippen molar-refractivity contribution in [3.05, 3.63) is 84.2 Å². The highest BCUT2D eigenvalue weighted by Crippen LogP contribution is 2.26. The molecule has 3 aromatic carbocycles. The SMILES string of the molecule is CCCCOc1ccc(NC(=O)NCC(c2ccc(N(C)C)cc2)N2CCN(c3ccc(F)cc3)CC2)cc1. The lowest BCUT2D eigenvalue weighted by Gasteiger charge is -2.40. The van der Waals surface area contributed by atoms with Crippen molar-refractivity contribution >= 4 is 23.1 Å². The molecule has 1 aliphatic heterocycles. The van der Waals surface area contributed by atoms with Crippen molar-refractivity contribution in [2.45, 2.75) is 25.8 Å². The molecule has 0 aliphatic carbocycles. The maximum atomic E-state index is 13.4. The molecule has 1 saturated heterocycles. The quantitative estimate of drug-likeness (QED) is 0.307. The summed E-state index contributed by atoms with van der Waals surface area (Å²) in [4.78, 5) is 19.6. The lowest BCUT2D eigenvalue weighted by Crippen LogP contribution is -2.50. The Hall–Kier alpha value is -3.78. The molecule has 0 spiro atoms. The van der Waals surface area contributed by atoms with E-state index in [0.717, 1.165) is 67.4 Å². The maximum absolute atomic E-state index is 13.4. The second-order valence-corrected chi connectivity index (χ2v) is 10.1. The van der Waals surface area contributed by atoms with E-state index in [4.69, 9.17) is 4.74 Å². The summed E-state index contributed by atoms with van der Waals surface area (Å²) in [6.45, 7) is 6.63. The molecular weight excluding hydrogens is 493 g/mol. The average molecular weight is 534 g/mol. The normalized spacial score (nSPS) is 14.5. The molecule has 1 unspecified atom stereocenters. The molecule has 208 valence electrons. The third-order valence-electron chi connectivity index (χ3n) is 7.08. The fraction of sp³-hybridized carbons (Fsp3) is 0.387. The minimum absolute atomic E-state index is 0.0247. The van der Waals surface area contributed by atoms with Crippen LogP contribution in [0.5, 0.6) is 5.75 Å². The summed E-state index contributed by atoms with van der Waals surface area (Å²) in [7, 11) is 4.05. The van der Waals surface area contributed by atoms with Gasteiger partial charge < -0.3 is 25.2 Å². The van der Waals surface area contributed by atoms with Gasteiger partial charge in [0, 0.05) is 63.9 Å². The summed E-state index contributed by atoms with van der Waals surface area (Å²) in [6, 6.07) is 22.4. The van der Waals surface area contributed by atoms with Gasteiger partial charge in [0.25, 0.3) is 0 Å². The standard InChI is InChI=1S/C31H40FN5O2/c1-4-5-22-39-29-16-10-26(11-17-29)34-31(38)33-23-30(24-6-12-27(13-7-24)35(2)3)37-20-18-36(19-21-37)28-14-8-25(32)9-15-28/h6-17,30H,4-5,18-23H2,1-3H3,(H2,33,34,38). The predicted octanol–water partition coefficient (Wildman–Crippen LogP) is 5.76. The van der Waals surface area contributed by atoms with Gasteiger partial charge in [-0.25, -0.2) is 9.18 Å². The summed E-state index contributed by atoms with van der Waals surface area (Å²) in [6.07, 6.45) is 2.10. The molecule has 1 aliphatic rings. The number of ether oxygens (including phenoxy) is 1. The van der Waals surface area contributed by atoms with Crippen LogP contribution in [0, 0.1) is 5.82 Å². The van der Waals surface area contributed by atoms with E-state index in [2.05, 4.69) is 56.5 Å². The Labute approximate surface area is 231 Å². The topological polar surface area (TPSA) is 60.1 Å². The number of amides is 2. The fourth-order valence-corrected chi connectivity index (χ4v) is 4.73. The molecule has 0 saturated carbocycles. The van der Waals surface area contributed by atoms with Gasteiger partial charge in [-0.3, -0.25) is 4.90 Å². The first-order valence-corrected chi connectivity index (χ1v) is 13.7. The smallest absolute Gasteiger partial charge is 0.319 e. The summed E-state index contributed by atoms with van der Waals surface area (Å²) in [5.74, 6) is 0.578. The Morgan fingerprint density at radius 1 is 0.949 bits per heavy atom. The van der Waals surface area contributed by atoms with Gasteiger partial charge in [-0.2, -0.15) is 0 Å². The fourth-order valence-electron chi connectivity index (χ4n) is 4.73. The van der Waals surface area contributed by atoms with E-state index >= 15 is 0 Å². The van der Waals surface area contributed by atoms with Crippen molar-refractivity contribution < 1.29 is 13.9 Å². The van der Waals surface area contributed by atoms with Gasteiger partial charge in [0.1, 0.15) is 11.6 Å². The van der Waals surface area contributed by atoms with Gasteiger partial charge in [-0.15, -0.1) is 0 Å². The number of unbranched alkanes of at least 4 members (excludes halogenated alkanes) is 1. The third-order valence-corrected chi connectivity index (χ3v) is 7.08. The first-order valence-electron chi connectivity index (χ1n) is 13.7. The number of hydrogen-bond acceptors (Lipinski definition) is 5. The molecule has 1 heterocycles. The summed E-state index contributed by atoms with van der Waals surface area (Å²) < 4.78 is 19.1. The van der Waals surface area contributed by atoms with E-state index in [9.17, 15) is 9.18 Å². The van der Waals surface area contributed by atoms with Gasteiger partial charge in [-0.05, 0) is 72.6 Å². The van der Waals surface area contributed by atoms with Gasteiger partial charge in [-0.1, -0.05) is 25.5 Å². The number of benzene rings is 3. The van der Waals surface area contributed by atoms with Crippen LogP contribution in [0.4, 0.5) is 26.2 Å². The van der Waals surface area contributed by atoms with E-state index in [1.54, 1.807) is 0 Å². The average Bonchev–Trinajstić information content (AvgIpc) is 2.95. The van der Waals surface area contributed by atoms with Gasteiger partial charge in [0.2, 0.25) is 0 Å². The largest absolute Gasteiger partial charge is 0.494 e. The Morgan fingerprint density at radius 3 is 2.23 bits per heavy atom. The Bertz CT molecular complexity index is 1160. The molecule has 39 heavy (non-hydrogen) atoms. The van der Waals surface area contributed by atoms with E-state index in [0.29, 0.717) is 13.2 Å². The number of rotatable bonds is 11. The van der Waals surface area contributed by atoms with Gasteiger partial charge in [0.05, 0.1) is 12.6 Å². The number of nitrogens with one attached hydrogen (secondary N) is 2.